The SMILES string of the molecule is CCOc1ccc2c(c1)CC(NCCCCO)C(=O)N2c1cccc(CC[C@@H]2O[C@H](CC(=O)N3CCC[C@H]3CO)[C@@H]([Si](C)(C)O)[C@@H]2C)c1. The largest absolute Gasteiger partial charge is 0.494 e. The standard InChI is InChI=1S/C37H55N3O7Si/c1-5-46-30-14-15-32-27(21-30)22-31(38-17-6-7-19-41)37(44)40(32)28-11-8-10-26(20-28)13-16-33-25(2)36(48(3,4)45)34(47-33)23-35(43)39-18-9-12-29(39)24-42/h8,10-11,14-15,20-21,25,29,31,33-34,36,38,41-42,45H,5-7,9,12-13,16-19,22-24H2,1-4H3/t25-,29+,31?,33+,34-,36+/m1/s1. The van der Waals surface area contributed by atoms with Gasteiger partial charge in [-0.25, -0.2) is 0 Å². The molecule has 0 radical (unpaired) electrons. The van der Waals surface area contributed by atoms with Gasteiger partial charge in [-0.05, 0) is 119 Å². The summed E-state index contributed by atoms with van der Waals surface area (Å²) in [5.74, 6) is 0.872. The van der Waals surface area contributed by atoms with Crippen LogP contribution in [0.15, 0.2) is 42.5 Å². The van der Waals surface area contributed by atoms with Gasteiger partial charge in [0.2, 0.25) is 11.8 Å². The van der Waals surface area contributed by atoms with E-state index in [1.165, 1.54) is 0 Å². The van der Waals surface area contributed by atoms with Crippen LogP contribution in [0.4, 0.5) is 11.4 Å². The summed E-state index contributed by atoms with van der Waals surface area (Å²) in [7, 11) is -2.65. The third kappa shape index (κ3) is 8.31. The first-order chi connectivity index (χ1) is 23.0. The number of aliphatic hydroxyl groups is 2. The predicted molar refractivity (Wildman–Crippen MR) is 189 cm³/mol. The van der Waals surface area contributed by atoms with Gasteiger partial charge in [0.05, 0.1) is 49.6 Å². The van der Waals surface area contributed by atoms with Crippen molar-refractivity contribution in [3.05, 3.63) is 53.6 Å². The van der Waals surface area contributed by atoms with Crippen LogP contribution in [0.2, 0.25) is 18.6 Å². The zero-order valence-electron chi connectivity index (χ0n) is 29.1. The number of hydrogen-bond acceptors (Lipinski definition) is 8. The lowest BCUT2D eigenvalue weighted by Gasteiger charge is -2.35. The zero-order chi connectivity index (χ0) is 34.4. The molecule has 1 unspecified atom stereocenters. The number of unbranched alkanes of at least 4 members (excludes halogenated alkanes) is 1. The fourth-order valence-corrected chi connectivity index (χ4v) is 10.7. The van der Waals surface area contributed by atoms with E-state index >= 15 is 0 Å². The molecular formula is C37H55N3O7Si. The van der Waals surface area contributed by atoms with Crippen molar-refractivity contribution in [1.29, 1.82) is 0 Å². The van der Waals surface area contributed by atoms with Crippen LogP contribution in [0.5, 0.6) is 5.75 Å². The molecule has 11 heteroatoms. The Kier molecular flexibility index (Phi) is 12.4. The van der Waals surface area contributed by atoms with Gasteiger partial charge in [-0.1, -0.05) is 19.1 Å². The first-order valence-electron chi connectivity index (χ1n) is 17.9. The van der Waals surface area contributed by atoms with Gasteiger partial charge >= 0.3 is 0 Å². The molecule has 10 nitrogen and oxygen atoms in total. The van der Waals surface area contributed by atoms with Crippen LogP contribution in [0.1, 0.15) is 63.5 Å². The maximum absolute atomic E-state index is 14.0. The highest BCUT2D eigenvalue weighted by atomic mass is 28.4. The number of fused-ring (bicyclic) bond motifs is 1. The number of rotatable bonds is 15. The molecule has 0 bridgehead atoms. The van der Waals surface area contributed by atoms with E-state index in [4.69, 9.17) is 9.47 Å². The number of amides is 2. The molecular weight excluding hydrogens is 627 g/mol. The quantitative estimate of drug-likeness (QED) is 0.162. The molecule has 2 fully saturated rings. The number of nitrogens with zero attached hydrogens (tertiary/aromatic N) is 2. The zero-order valence-corrected chi connectivity index (χ0v) is 30.1. The van der Waals surface area contributed by atoms with E-state index in [0.29, 0.717) is 32.5 Å². The van der Waals surface area contributed by atoms with E-state index in [1.807, 2.05) is 55.2 Å². The van der Waals surface area contributed by atoms with Crippen molar-refractivity contribution in [3.8, 4) is 5.75 Å². The van der Waals surface area contributed by atoms with Gasteiger partial charge < -0.3 is 34.7 Å². The van der Waals surface area contributed by atoms with Crippen LogP contribution >= 0.6 is 0 Å². The van der Waals surface area contributed by atoms with E-state index in [-0.39, 0.29) is 67.2 Å². The molecule has 264 valence electrons. The normalized spacial score (nSPS) is 25.9. The second-order valence-corrected chi connectivity index (χ2v) is 18.2. The molecule has 0 saturated carbocycles. The lowest BCUT2D eigenvalue weighted by molar-refractivity contribution is -0.135. The lowest BCUT2D eigenvalue weighted by Crippen LogP contribution is -2.49. The first-order valence-corrected chi connectivity index (χ1v) is 20.9. The van der Waals surface area contributed by atoms with Crippen LogP contribution in [0.3, 0.4) is 0 Å². The number of carbonyl (C=O) groups is 2. The van der Waals surface area contributed by atoms with Gasteiger partial charge in [-0.3, -0.25) is 14.5 Å². The van der Waals surface area contributed by atoms with Crippen LogP contribution in [-0.4, -0.2) is 97.2 Å². The van der Waals surface area contributed by atoms with E-state index in [9.17, 15) is 24.6 Å². The summed E-state index contributed by atoms with van der Waals surface area (Å²) in [6.07, 6.45) is 4.99. The molecule has 3 aliphatic heterocycles. The Bertz CT molecular complexity index is 1400. The summed E-state index contributed by atoms with van der Waals surface area (Å²) in [6, 6.07) is 13.5. The first kappa shape index (κ1) is 36.5. The Labute approximate surface area is 286 Å². The van der Waals surface area contributed by atoms with Crippen molar-refractivity contribution in [2.24, 2.45) is 5.92 Å². The molecule has 4 N–H and O–H groups in total. The number of ether oxygens (including phenoxy) is 2. The van der Waals surface area contributed by atoms with Crippen molar-refractivity contribution in [3.63, 3.8) is 0 Å². The molecule has 2 amide bonds. The van der Waals surface area contributed by atoms with Gasteiger partial charge in [-0.15, -0.1) is 0 Å². The number of hydrogen-bond donors (Lipinski definition) is 4. The summed E-state index contributed by atoms with van der Waals surface area (Å²) in [5, 5.41) is 22.4. The van der Waals surface area contributed by atoms with Crippen LogP contribution in [-0.2, 0) is 27.2 Å². The van der Waals surface area contributed by atoms with Gasteiger partial charge in [0.25, 0.3) is 0 Å². The molecule has 0 spiro atoms. The van der Waals surface area contributed by atoms with Gasteiger partial charge in [0.15, 0.2) is 8.32 Å². The number of carbonyl (C=O) groups excluding carboxylic acids is 2. The fraction of sp³-hybridized carbons (Fsp3) is 0.622. The molecule has 5 rings (SSSR count). The van der Waals surface area contributed by atoms with E-state index in [2.05, 4.69) is 24.4 Å². The van der Waals surface area contributed by atoms with E-state index in [1.54, 1.807) is 4.90 Å². The van der Waals surface area contributed by atoms with Gasteiger partial charge in [-0.2, -0.15) is 0 Å². The Morgan fingerprint density at radius 2 is 1.94 bits per heavy atom. The summed E-state index contributed by atoms with van der Waals surface area (Å²) >= 11 is 0. The van der Waals surface area contributed by atoms with E-state index < -0.39 is 8.32 Å². The summed E-state index contributed by atoms with van der Waals surface area (Å²) < 4.78 is 12.4. The van der Waals surface area contributed by atoms with Crippen molar-refractivity contribution in [2.75, 3.05) is 37.8 Å². The third-order valence-corrected chi connectivity index (χ3v) is 12.9. The van der Waals surface area contributed by atoms with Crippen LogP contribution < -0.4 is 15.0 Å². The van der Waals surface area contributed by atoms with Crippen LogP contribution in [0, 0.1) is 5.92 Å². The molecule has 3 aliphatic rings. The van der Waals surface area contributed by atoms with E-state index in [0.717, 1.165) is 60.4 Å². The summed E-state index contributed by atoms with van der Waals surface area (Å²) in [6.45, 7) is 9.95. The number of anilines is 2. The predicted octanol–water partition coefficient (Wildman–Crippen LogP) is 4.31. The maximum Gasteiger partial charge on any atom is 0.249 e. The molecule has 0 aliphatic carbocycles. The molecule has 3 heterocycles. The minimum Gasteiger partial charge on any atom is -0.494 e. The minimum absolute atomic E-state index is 0.00130. The highest BCUT2D eigenvalue weighted by molar-refractivity contribution is 6.71. The van der Waals surface area contributed by atoms with Crippen molar-refractivity contribution in [2.45, 2.75) is 108 Å². The smallest absolute Gasteiger partial charge is 0.249 e. The average molecular weight is 682 g/mol. The van der Waals surface area contributed by atoms with Gasteiger partial charge in [0, 0.05) is 24.4 Å². The monoisotopic (exact) mass is 681 g/mol. The molecule has 2 aromatic carbocycles. The lowest BCUT2D eigenvalue weighted by atomic mass is 9.94. The van der Waals surface area contributed by atoms with Crippen LogP contribution in [0.25, 0.3) is 0 Å². The molecule has 2 aromatic rings. The highest BCUT2D eigenvalue weighted by Gasteiger charge is 2.50. The number of aliphatic hydroxyl groups excluding tert-OH is 2. The number of aryl methyl sites for hydroxylation is 1. The topological polar surface area (TPSA) is 132 Å². The summed E-state index contributed by atoms with van der Waals surface area (Å²) in [4.78, 5) is 42.2. The Morgan fingerprint density at radius 1 is 1.12 bits per heavy atom. The number of nitrogens with one attached hydrogen (secondary N) is 1. The average Bonchev–Trinajstić information content (AvgIpc) is 3.66. The van der Waals surface area contributed by atoms with Gasteiger partial charge in [0.1, 0.15) is 5.75 Å². The Balaban J connectivity index is 1.31. The fourth-order valence-electron chi connectivity index (χ4n) is 8.13. The van der Waals surface area contributed by atoms with Crippen molar-refractivity contribution >= 4 is 31.5 Å². The molecule has 48 heavy (non-hydrogen) atoms. The maximum atomic E-state index is 14.0. The second-order valence-electron chi connectivity index (χ2n) is 14.3. The molecule has 0 aromatic heterocycles. The summed E-state index contributed by atoms with van der Waals surface area (Å²) in [5.41, 5.74) is 3.72. The Hall–Kier alpha value is -2.80. The number of benzene rings is 2. The second kappa shape index (κ2) is 16.3. The van der Waals surface area contributed by atoms with Crippen molar-refractivity contribution in [1.82, 2.24) is 10.2 Å². The Morgan fingerprint density at radius 3 is 2.67 bits per heavy atom. The highest BCUT2D eigenvalue weighted by Crippen LogP contribution is 2.46. The molecule has 6 atom stereocenters. The molecule has 2 saturated heterocycles. The minimum atomic E-state index is -2.65. The number of likely N-dealkylation sites (tertiary alicyclic amines) is 1. The van der Waals surface area contributed by atoms with Crippen molar-refractivity contribution < 1.29 is 34.1 Å². The third-order valence-electron chi connectivity index (χ3n) is 10.4.